The maximum Gasteiger partial charge on any atom is 0.346 e. The number of aromatic nitrogens is 3. The first-order chi connectivity index (χ1) is 13.6. The minimum Gasteiger partial charge on any atom is -0.426 e. The molecule has 0 unspecified atom stereocenters. The first-order valence-electron chi connectivity index (χ1n) is 8.60. The lowest BCUT2D eigenvalue weighted by Gasteiger charge is -2.02. The summed E-state index contributed by atoms with van der Waals surface area (Å²) in [5.41, 5.74) is 7.28. The number of halogens is 2. The van der Waals surface area contributed by atoms with E-state index in [2.05, 4.69) is 5.10 Å². The number of carbonyl (C=O) groups excluding carboxylic acids is 1. The molecule has 2 N–H and O–H groups in total. The summed E-state index contributed by atoms with van der Waals surface area (Å²) in [6.07, 6.45) is 2.13. The Bertz CT molecular complexity index is 1130. The van der Waals surface area contributed by atoms with E-state index in [4.69, 9.17) is 10.5 Å². The maximum absolute atomic E-state index is 12.7. The lowest BCUT2D eigenvalue weighted by Crippen LogP contribution is -2.26. The zero-order valence-electron chi connectivity index (χ0n) is 15.2. The zero-order valence-corrected chi connectivity index (χ0v) is 16.8. The van der Waals surface area contributed by atoms with Gasteiger partial charge in [-0.15, -0.1) is 23.7 Å². The SMILES string of the molecule is Cl.NC/C(=C\F)Cn1ncn(Cc2ccc(-c3ccc4c(c3)CC(=O)O4)s2)c1=O. The molecule has 0 saturated heterocycles. The molecule has 0 fully saturated rings. The predicted molar refractivity (Wildman–Crippen MR) is 110 cm³/mol. The summed E-state index contributed by atoms with van der Waals surface area (Å²) in [4.78, 5) is 25.8. The molecule has 3 heterocycles. The molecule has 0 spiro atoms. The number of fused-ring (bicyclic) bond motifs is 1. The molecule has 0 bridgehead atoms. The van der Waals surface area contributed by atoms with E-state index in [-0.39, 0.29) is 43.6 Å². The van der Waals surface area contributed by atoms with Crippen molar-refractivity contribution in [1.82, 2.24) is 14.3 Å². The monoisotopic (exact) mass is 436 g/mol. The molecule has 0 radical (unpaired) electrons. The minimum absolute atomic E-state index is 0. The smallest absolute Gasteiger partial charge is 0.346 e. The fourth-order valence-corrected chi connectivity index (χ4v) is 4.00. The van der Waals surface area contributed by atoms with Crippen LogP contribution in [0.1, 0.15) is 10.4 Å². The number of hydrogen-bond acceptors (Lipinski definition) is 6. The van der Waals surface area contributed by atoms with Crippen molar-refractivity contribution in [2.24, 2.45) is 5.73 Å². The molecule has 1 aliphatic heterocycles. The number of thiophene rings is 1. The van der Waals surface area contributed by atoms with Crippen LogP contribution in [0.3, 0.4) is 0 Å². The van der Waals surface area contributed by atoms with Gasteiger partial charge in [-0.2, -0.15) is 5.10 Å². The molecule has 2 aromatic heterocycles. The molecule has 1 aliphatic rings. The highest BCUT2D eigenvalue weighted by Gasteiger charge is 2.20. The Hall–Kier alpha value is -2.75. The average Bonchev–Trinajstić information content (AvgIpc) is 3.39. The minimum atomic E-state index is -0.323. The Morgan fingerprint density at radius 2 is 2.14 bits per heavy atom. The second-order valence-electron chi connectivity index (χ2n) is 6.41. The molecule has 1 aromatic carbocycles. The summed E-state index contributed by atoms with van der Waals surface area (Å²) in [5, 5.41) is 4.02. The number of nitrogens with zero attached hydrogens (tertiary/aromatic N) is 3. The van der Waals surface area contributed by atoms with Crippen molar-refractivity contribution in [2.75, 3.05) is 6.54 Å². The zero-order chi connectivity index (χ0) is 19.7. The molecule has 29 heavy (non-hydrogen) atoms. The van der Waals surface area contributed by atoms with E-state index >= 15 is 0 Å². The number of esters is 1. The van der Waals surface area contributed by atoms with E-state index < -0.39 is 0 Å². The third-order valence-corrected chi connectivity index (χ3v) is 5.58. The number of benzene rings is 1. The second kappa shape index (κ2) is 8.73. The van der Waals surface area contributed by atoms with Crippen molar-refractivity contribution in [3.8, 4) is 16.2 Å². The van der Waals surface area contributed by atoms with Crippen LogP contribution in [0, 0.1) is 0 Å². The van der Waals surface area contributed by atoms with Gasteiger partial charge in [0, 0.05) is 21.9 Å². The Morgan fingerprint density at radius 1 is 1.31 bits per heavy atom. The Kier molecular flexibility index (Phi) is 6.31. The van der Waals surface area contributed by atoms with Crippen LogP contribution >= 0.6 is 23.7 Å². The number of carbonyl (C=O) groups is 1. The van der Waals surface area contributed by atoms with E-state index in [1.165, 1.54) is 15.6 Å². The van der Waals surface area contributed by atoms with Gasteiger partial charge in [-0.1, -0.05) is 0 Å². The Labute approximate surface area is 175 Å². The molecule has 152 valence electrons. The molecule has 0 saturated carbocycles. The Balaban J connectivity index is 0.00000240. The first kappa shape index (κ1) is 21.0. The Morgan fingerprint density at radius 3 is 2.90 bits per heavy atom. The third-order valence-electron chi connectivity index (χ3n) is 4.46. The lowest BCUT2D eigenvalue weighted by molar-refractivity contribution is -0.131. The fraction of sp³-hybridized carbons (Fsp3) is 0.211. The van der Waals surface area contributed by atoms with E-state index in [9.17, 15) is 14.0 Å². The average molecular weight is 437 g/mol. The molecule has 3 aromatic rings. The van der Waals surface area contributed by atoms with Crippen LogP contribution < -0.4 is 16.2 Å². The summed E-state index contributed by atoms with van der Waals surface area (Å²) >= 11 is 1.55. The van der Waals surface area contributed by atoms with E-state index in [0.717, 1.165) is 20.9 Å². The van der Waals surface area contributed by atoms with Crippen molar-refractivity contribution in [3.05, 3.63) is 69.5 Å². The predicted octanol–water partition coefficient (Wildman–Crippen LogP) is 2.52. The highest BCUT2D eigenvalue weighted by Crippen LogP contribution is 2.34. The molecule has 4 rings (SSSR count). The normalized spacial score (nSPS) is 13.2. The van der Waals surface area contributed by atoms with Gasteiger partial charge in [-0.3, -0.25) is 9.36 Å². The summed E-state index contributed by atoms with van der Waals surface area (Å²) in [5.74, 6) is 0.375. The fourth-order valence-electron chi connectivity index (χ4n) is 3.00. The second-order valence-corrected chi connectivity index (χ2v) is 7.58. The highest BCUT2D eigenvalue weighted by atomic mass is 35.5. The maximum atomic E-state index is 12.7. The molecule has 0 amide bonds. The molecule has 7 nitrogen and oxygen atoms in total. The lowest BCUT2D eigenvalue weighted by atomic mass is 10.1. The van der Waals surface area contributed by atoms with Crippen molar-refractivity contribution < 1.29 is 13.9 Å². The van der Waals surface area contributed by atoms with Gasteiger partial charge in [0.25, 0.3) is 0 Å². The van der Waals surface area contributed by atoms with Gasteiger partial charge in [0.2, 0.25) is 0 Å². The highest BCUT2D eigenvalue weighted by molar-refractivity contribution is 7.15. The van der Waals surface area contributed by atoms with Crippen LogP contribution in [0.15, 0.2) is 53.4 Å². The molecular formula is C19H18ClFN4O3S. The van der Waals surface area contributed by atoms with Crippen LogP contribution in [0.2, 0.25) is 0 Å². The third kappa shape index (κ3) is 4.31. The van der Waals surface area contributed by atoms with E-state index in [1.807, 2.05) is 24.3 Å². The van der Waals surface area contributed by atoms with Gasteiger partial charge in [0.1, 0.15) is 12.1 Å². The van der Waals surface area contributed by atoms with Crippen LogP contribution in [0.5, 0.6) is 5.75 Å². The number of ether oxygens (including phenoxy) is 1. The van der Waals surface area contributed by atoms with Crippen molar-refractivity contribution in [1.29, 1.82) is 0 Å². The molecule has 0 atom stereocenters. The van der Waals surface area contributed by atoms with Gasteiger partial charge in [0.05, 0.1) is 25.8 Å². The standard InChI is InChI=1S/C19H17FN4O3S.ClH/c20-7-12(8-21)9-24-19(26)23(11-22-24)10-15-2-4-17(28-15)13-1-3-16-14(5-13)6-18(25)27-16;/h1-5,7,11H,6,8-10,21H2;1H/b12-7+;. The van der Waals surface area contributed by atoms with Crippen molar-refractivity contribution in [2.45, 2.75) is 19.5 Å². The van der Waals surface area contributed by atoms with E-state index in [1.54, 1.807) is 17.4 Å². The van der Waals surface area contributed by atoms with Crippen molar-refractivity contribution in [3.63, 3.8) is 0 Å². The quantitative estimate of drug-likeness (QED) is 0.473. The first-order valence-corrected chi connectivity index (χ1v) is 9.42. The summed E-state index contributed by atoms with van der Waals surface area (Å²) in [7, 11) is 0. The topological polar surface area (TPSA) is 92.1 Å². The van der Waals surface area contributed by atoms with Crippen molar-refractivity contribution >= 4 is 29.7 Å². The van der Waals surface area contributed by atoms with Gasteiger partial charge < -0.3 is 10.5 Å². The van der Waals surface area contributed by atoms with Crippen LogP contribution in [0.4, 0.5) is 4.39 Å². The van der Waals surface area contributed by atoms with E-state index in [0.29, 0.717) is 24.2 Å². The molecular weight excluding hydrogens is 419 g/mol. The van der Waals surface area contributed by atoms with Gasteiger partial charge in [-0.05, 0) is 41.5 Å². The van der Waals surface area contributed by atoms with Crippen LogP contribution in [-0.2, 0) is 24.3 Å². The molecule has 10 heteroatoms. The summed E-state index contributed by atoms with van der Waals surface area (Å²) in [6, 6.07) is 9.60. The van der Waals surface area contributed by atoms with Gasteiger partial charge in [0.15, 0.2) is 0 Å². The van der Waals surface area contributed by atoms with Crippen LogP contribution in [-0.4, -0.2) is 26.9 Å². The number of hydrogen-bond donors (Lipinski definition) is 1. The number of rotatable bonds is 6. The van der Waals surface area contributed by atoms with Crippen LogP contribution in [0.25, 0.3) is 10.4 Å². The summed E-state index contributed by atoms with van der Waals surface area (Å²) < 4.78 is 20.5. The largest absolute Gasteiger partial charge is 0.426 e. The van der Waals surface area contributed by atoms with Gasteiger partial charge >= 0.3 is 11.7 Å². The van der Waals surface area contributed by atoms with Gasteiger partial charge in [-0.25, -0.2) is 13.9 Å². The molecule has 0 aliphatic carbocycles. The number of nitrogens with two attached hydrogens (primary N) is 1. The summed E-state index contributed by atoms with van der Waals surface area (Å²) in [6.45, 7) is 0.430.